The molecule has 0 saturated heterocycles. The first-order chi connectivity index (χ1) is 30.6. The Kier molecular flexibility index (Phi) is 12.1. The van der Waals surface area contributed by atoms with Crippen molar-refractivity contribution >= 4 is 22.9 Å². The van der Waals surface area contributed by atoms with Gasteiger partial charge >= 0.3 is 0 Å². The molecule has 6 aromatic carbocycles. The smallest absolute Gasteiger partial charge is 0.247 e. The number of nitrogens with zero attached hydrogens (tertiary/aromatic N) is 4. The summed E-state index contributed by atoms with van der Waals surface area (Å²) in [6.45, 7) is 1.21. The lowest BCUT2D eigenvalue weighted by molar-refractivity contribution is -0.127. The van der Waals surface area contributed by atoms with Gasteiger partial charge < -0.3 is 28.8 Å². The third-order valence-electron chi connectivity index (χ3n) is 11.5. The Hall–Kier alpha value is -7.14. The molecule has 0 bridgehead atoms. The van der Waals surface area contributed by atoms with Crippen LogP contribution in [0.5, 0.6) is 11.6 Å². The molecule has 9 rings (SSSR count). The van der Waals surface area contributed by atoms with E-state index in [9.17, 15) is 4.79 Å². The van der Waals surface area contributed by atoms with E-state index in [0.29, 0.717) is 30.8 Å². The highest BCUT2D eigenvalue weighted by molar-refractivity contribution is 5.90. The zero-order valence-corrected chi connectivity index (χ0v) is 34.4. The Morgan fingerprint density at radius 2 is 1.18 bits per heavy atom. The highest BCUT2D eigenvalue weighted by atomic mass is 16.5. The average Bonchev–Trinajstić information content (AvgIpc) is 3.90. The van der Waals surface area contributed by atoms with E-state index >= 15 is 0 Å². The van der Waals surface area contributed by atoms with Crippen molar-refractivity contribution in [3.8, 4) is 11.6 Å². The predicted octanol–water partition coefficient (Wildman–Crippen LogP) is 9.75. The number of fused-ring (bicyclic) bond motifs is 1. The molecular weight excluding hydrogens is 775 g/mol. The van der Waals surface area contributed by atoms with Gasteiger partial charge in [-0.15, -0.1) is 0 Å². The van der Waals surface area contributed by atoms with Gasteiger partial charge in [-0.2, -0.15) is 9.97 Å². The number of Topliss-reactive ketones (excluding diaryl/α,β-unsaturated/α-hetero) is 1. The Balaban J connectivity index is 1.13. The summed E-state index contributed by atoms with van der Waals surface area (Å²) < 4.78 is 26.8. The van der Waals surface area contributed by atoms with Gasteiger partial charge in [-0.05, 0) is 45.5 Å². The van der Waals surface area contributed by atoms with E-state index in [4.69, 9.17) is 33.9 Å². The summed E-state index contributed by atoms with van der Waals surface area (Å²) in [7, 11) is 1.66. The Bertz CT molecular complexity index is 2640. The topological polar surface area (TPSA) is 110 Å². The monoisotopic (exact) mass is 821 g/mol. The summed E-state index contributed by atoms with van der Waals surface area (Å²) in [5, 5.41) is 3.81. The van der Waals surface area contributed by atoms with Crippen molar-refractivity contribution in [2.45, 2.75) is 43.9 Å². The van der Waals surface area contributed by atoms with Crippen LogP contribution in [0.1, 0.15) is 45.8 Å². The molecule has 3 atom stereocenters. The van der Waals surface area contributed by atoms with E-state index in [1.165, 1.54) is 0 Å². The number of imidazole rings is 1. The summed E-state index contributed by atoms with van der Waals surface area (Å²) in [4.78, 5) is 29.8. The maximum Gasteiger partial charge on any atom is 0.247 e. The minimum absolute atomic E-state index is 0.00329. The second-order valence-corrected chi connectivity index (χ2v) is 15.4. The molecule has 2 aromatic heterocycles. The molecule has 0 amide bonds. The van der Waals surface area contributed by atoms with Gasteiger partial charge in [0, 0.05) is 6.42 Å². The number of benzene rings is 6. The van der Waals surface area contributed by atoms with E-state index < -0.39 is 23.6 Å². The number of carbonyl (C=O) groups is 1. The number of methoxy groups -OCH3 is 1. The first-order valence-corrected chi connectivity index (χ1v) is 20.8. The van der Waals surface area contributed by atoms with Crippen molar-refractivity contribution < 1.29 is 23.7 Å². The van der Waals surface area contributed by atoms with Crippen LogP contribution in [0.25, 0.3) is 11.2 Å². The molecule has 62 heavy (non-hydrogen) atoms. The van der Waals surface area contributed by atoms with Crippen molar-refractivity contribution in [3.05, 3.63) is 216 Å². The molecule has 1 aliphatic carbocycles. The molecule has 1 saturated carbocycles. The van der Waals surface area contributed by atoms with Crippen LogP contribution in [0.15, 0.2) is 182 Å². The number of nitrogens with one attached hydrogen (secondary N) is 1. The van der Waals surface area contributed by atoms with Crippen molar-refractivity contribution in [3.63, 3.8) is 0 Å². The highest BCUT2D eigenvalue weighted by Crippen LogP contribution is 2.42. The summed E-state index contributed by atoms with van der Waals surface area (Å²) in [6, 6.07) is 57.7. The van der Waals surface area contributed by atoms with Crippen LogP contribution in [-0.4, -0.2) is 45.1 Å². The van der Waals surface area contributed by atoms with Crippen molar-refractivity contribution in [1.82, 2.24) is 19.5 Å². The van der Waals surface area contributed by atoms with Gasteiger partial charge in [-0.25, -0.2) is 4.98 Å². The van der Waals surface area contributed by atoms with Crippen LogP contribution in [0.2, 0.25) is 0 Å². The zero-order valence-electron chi connectivity index (χ0n) is 34.4. The molecule has 0 unspecified atom stereocenters. The summed E-state index contributed by atoms with van der Waals surface area (Å²) >= 11 is 0. The Morgan fingerprint density at radius 3 is 1.76 bits per heavy atom. The lowest BCUT2D eigenvalue weighted by atomic mass is 9.77. The lowest BCUT2D eigenvalue weighted by Gasteiger charge is -2.37. The standard InChI is InChI=1S/C52H47N5O5/c1-59-43-29-27-42(28-30-43)52(40-23-13-5-14-24-40,41-25-15-6-16-26-41)56-51-54-49-47(50(55-51)62-34-39-21-11-4-12-22-39)53-36-57(49)45-31-46(61-33-38-19-9-3-10-20-38)44(48(45)58)35-60-32-37-17-7-2-8-18-37/h2-30,36,44-46H,31-35H2,1H3,(H,54,55,56)/t44-,45-,46-/m0/s1. The van der Waals surface area contributed by atoms with E-state index in [2.05, 4.69) is 29.6 Å². The SMILES string of the molecule is COc1ccc(C(Nc2nc(OCc3ccccc3)c3ncn([C@H]4C[C@H](OCc5ccccc5)[C@H](COCc5ccccc5)C4=O)c3n2)(c2ccccc2)c2ccccc2)cc1. The maximum absolute atomic E-state index is 14.7. The van der Waals surface area contributed by atoms with Crippen molar-refractivity contribution in [2.75, 3.05) is 19.0 Å². The van der Waals surface area contributed by atoms with Crippen LogP contribution < -0.4 is 14.8 Å². The number of carbonyl (C=O) groups excluding carboxylic acids is 1. The van der Waals surface area contributed by atoms with E-state index in [-0.39, 0.29) is 30.8 Å². The first-order valence-electron chi connectivity index (χ1n) is 20.8. The number of ketones is 1. The number of hydrogen-bond acceptors (Lipinski definition) is 9. The van der Waals surface area contributed by atoms with Crippen LogP contribution in [0.4, 0.5) is 5.95 Å². The minimum atomic E-state index is -0.981. The van der Waals surface area contributed by atoms with Crippen molar-refractivity contribution in [2.24, 2.45) is 5.92 Å². The Labute approximate surface area is 361 Å². The number of hydrogen-bond donors (Lipinski definition) is 1. The molecule has 10 nitrogen and oxygen atoms in total. The van der Waals surface area contributed by atoms with E-state index in [1.54, 1.807) is 13.4 Å². The quantitative estimate of drug-likeness (QED) is 0.0899. The predicted molar refractivity (Wildman–Crippen MR) is 239 cm³/mol. The molecule has 310 valence electrons. The number of aromatic nitrogens is 4. The fourth-order valence-electron chi connectivity index (χ4n) is 8.31. The molecule has 10 heteroatoms. The van der Waals surface area contributed by atoms with E-state index in [0.717, 1.165) is 39.1 Å². The molecule has 0 radical (unpaired) electrons. The van der Waals surface area contributed by atoms with Gasteiger partial charge in [0.25, 0.3) is 0 Å². The maximum atomic E-state index is 14.7. The third kappa shape index (κ3) is 8.56. The molecule has 8 aromatic rings. The fraction of sp³-hybridized carbons (Fsp3) is 0.192. The summed E-state index contributed by atoms with van der Waals surface area (Å²) in [5.74, 6) is 0.789. The molecule has 1 aliphatic rings. The van der Waals surface area contributed by atoms with Gasteiger partial charge in [-0.3, -0.25) is 4.79 Å². The van der Waals surface area contributed by atoms with Gasteiger partial charge in [0.1, 0.15) is 17.9 Å². The minimum Gasteiger partial charge on any atom is -0.497 e. The van der Waals surface area contributed by atoms with Gasteiger partial charge in [-0.1, -0.05) is 164 Å². The molecule has 0 aliphatic heterocycles. The van der Waals surface area contributed by atoms with Crippen LogP contribution in [0.3, 0.4) is 0 Å². The number of rotatable bonds is 17. The van der Waals surface area contributed by atoms with Crippen LogP contribution >= 0.6 is 0 Å². The van der Waals surface area contributed by atoms with Crippen molar-refractivity contribution in [1.29, 1.82) is 0 Å². The largest absolute Gasteiger partial charge is 0.497 e. The van der Waals surface area contributed by atoms with Gasteiger partial charge in [0.05, 0.1) is 51.3 Å². The number of ether oxygens (including phenoxy) is 4. The van der Waals surface area contributed by atoms with E-state index in [1.807, 2.05) is 156 Å². The molecule has 2 heterocycles. The Morgan fingerprint density at radius 1 is 0.645 bits per heavy atom. The van der Waals surface area contributed by atoms with Gasteiger partial charge in [0.15, 0.2) is 16.9 Å². The highest BCUT2D eigenvalue weighted by Gasteiger charge is 2.45. The molecule has 1 fully saturated rings. The van der Waals surface area contributed by atoms with Crippen LogP contribution in [-0.2, 0) is 39.6 Å². The zero-order chi connectivity index (χ0) is 42.1. The van der Waals surface area contributed by atoms with Crippen LogP contribution in [0, 0.1) is 5.92 Å². The summed E-state index contributed by atoms with van der Waals surface area (Å²) in [5.41, 5.74) is 5.81. The third-order valence-corrected chi connectivity index (χ3v) is 11.5. The lowest BCUT2D eigenvalue weighted by Crippen LogP contribution is -2.38. The first kappa shape index (κ1) is 40.3. The number of anilines is 1. The second-order valence-electron chi connectivity index (χ2n) is 15.4. The average molecular weight is 822 g/mol. The second kappa shape index (κ2) is 18.6. The molecular formula is C52H47N5O5. The normalized spacial score (nSPS) is 16.3. The molecule has 1 N–H and O–H groups in total. The molecule has 0 spiro atoms. The summed E-state index contributed by atoms with van der Waals surface area (Å²) in [6.07, 6.45) is 1.68. The fourth-order valence-corrected chi connectivity index (χ4v) is 8.31. The van der Waals surface area contributed by atoms with Gasteiger partial charge in [0.2, 0.25) is 11.8 Å².